The van der Waals surface area contributed by atoms with Crippen molar-refractivity contribution in [3.8, 4) is 5.75 Å². The van der Waals surface area contributed by atoms with E-state index in [1.165, 1.54) is 6.42 Å². The maximum absolute atomic E-state index is 10.6. The predicted octanol–water partition coefficient (Wildman–Crippen LogP) is 4.97. The molecule has 0 radical (unpaired) electrons. The highest BCUT2D eigenvalue weighted by Gasteiger charge is 2.29. The van der Waals surface area contributed by atoms with Gasteiger partial charge in [0.2, 0.25) is 0 Å². The van der Waals surface area contributed by atoms with Gasteiger partial charge in [-0.3, -0.25) is 0 Å². The highest BCUT2D eigenvalue weighted by atomic mass is 16.5. The first kappa shape index (κ1) is 16.4. The van der Waals surface area contributed by atoms with Crippen LogP contribution < -0.4 is 4.74 Å². The van der Waals surface area contributed by atoms with Gasteiger partial charge in [-0.05, 0) is 61.1 Å². The van der Waals surface area contributed by atoms with Gasteiger partial charge >= 0.3 is 0 Å². The molecule has 1 aliphatic rings. The van der Waals surface area contributed by atoms with Crippen molar-refractivity contribution in [1.29, 1.82) is 0 Å². The van der Waals surface area contributed by atoms with E-state index in [1.807, 2.05) is 24.3 Å². The minimum Gasteiger partial charge on any atom is -0.494 e. The van der Waals surface area contributed by atoms with E-state index in [-0.39, 0.29) is 6.10 Å². The van der Waals surface area contributed by atoms with E-state index >= 15 is 0 Å². The van der Waals surface area contributed by atoms with E-state index < -0.39 is 0 Å². The maximum Gasteiger partial charge on any atom is 0.119 e. The zero-order valence-corrected chi connectivity index (χ0v) is 13.7. The Kier molecular flexibility index (Phi) is 6.10. The smallest absolute Gasteiger partial charge is 0.119 e. The Morgan fingerprint density at radius 3 is 2.29 bits per heavy atom. The molecule has 1 saturated carbocycles. The highest BCUT2D eigenvalue weighted by molar-refractivity contribution is 5.28. The van der Waals surface area contributed by atoms with Gasteiger partial charge in [0.1, 0.15) is 5.75 Å². The molecular weight excluding hydrogens is 260 g/mol. The zero-order chi connectivity index (χ0) is 15.2. The van der Waals surface area contributed by atoms with Gasteiger partial charge < -0.3 is 9.84 Å². The number of aliphatic hydroxyl groups is 1. The third kappa shape index (κ3) is 4.74. The molecule has 0 amide bonds. The van der Waals surface area contributed by atoms with E-state index in [0.29, 0.717) is 5.92 Å². The van der Waals surface area contributed by atoms with Crippen LogP contribution in [0, 0.1) is 17.8 Å². The van der Waals surface area contributed by atoms with Crippen molar-refractivity contribution in [2.45, 2.75) is 59.0 Å². The fourth-order valence-electron chi connectivity index (χ4n) is 3.63. The topological polar surface area (TPSA) is 29.5 Å². The lowest BCUT2D eigenvalue weighted by atomic mass is 9.73. The van der Waals surface area contributed by atoms with Gasteiger partial charge in [0.25, 0.3) is 0 Å². The molecule has 0 heterocycles. The molecule has 0 spiro atoms. The molecule has 1 aliphatic carbocycles. The summed E-state index contributed by atoms with van der Waals surface area (Å²) in [6.07, 6.45) is 5.48. The van der Waals surface area contributed by atoms with Crippen LogP contribution >= 0.6 is 0 Å². The molecule has 1 aromatic rings. The Balaban J connectivity index is 1.94. The number of hydrogen-bond donors (Lipinski definition) is 1. The van der Waals surface area contributed by atoms with Crippen molar-refractivity contribution >= 4 is 0 Å². The van der Waals surface area contributed by atoms with Crippen LogP contribution in [-0.4, -0.2) is 11.7 Å². The summed E-state index contributed by atoms with van der Waals surface area (Å²) in [4.78, 5) is 0. The van der Waals surface area contributed by atoms with Gasteiger partial charge in [0.15, 0.2) is 0 Å². The highest BCUT2D eigenvalue weighted by Crippen LogP contribution is 2.39. The molecule has 0 aromatic heterocycles. The van der Waals surface area contributed by atoms with E-state index in [9.17, 15) is 5.11 Å². The number of ether oxygens (including phenoxy) is 1. The summed E-state index contributed by atoms with van der Waals surface area (Å²) in [5.74, 6) is 2.76. The van der Waals surface area contributed by atoms with Crippen LogP contribution in [0.2, 0.25) is 0 Å². The normalized spacial score (nSPS) is 27.3. The van der Waals surface area contributed by atoms with E-state index in [1.54, 1.807) is 0 Å². The van der Waals surface area contributed by atoms with Gasteiger partial charge in [-0.2, -0.15) is 0 Å². The molecule has 118 valence electrons. The largest absolute Gasteiger partial charge is 0.494 e. The van der Waals surface area contributed by atoms with Crippen LogP contribution in [-0.2, 0) is 0 Å². The minimum absolute atomic E-state index is 0.333. The zero-order valence-electron chi connectivity index (χ0n) is 13.7. The second kappa shape index (κ2) is 7.84. The first-order chi connectivity index (χ1) is 10.1. The number of benzene rings is 1. The quantitative estimate of drug-likeness (QED) is 0.749. The molecule has 0 aliphatic heterocycles. The number of hydrogen-bond acceptors (Lipinski definition) is 2. The minimum atomic E-state index is -0.333. The van der Waals surface area contributed by atoms with Crippen LogP contribution in [0.1, 0.15) is 64.5 Å². The van der Waals surface area contributed by atoms with Crippen LogP contribution in [0.25, 0.3) is 0 Å². The van der Waals surface area contributed by atoms with Crippen molar-refractivity contribution in [2.24, 2.45) is 17.8 Å². The van der Waals surface area contributed by atoms with Crippen molar-refractivity contribution in [1.82, 2.24) is 0 Å². The molecule has 0 saturated heterocycles. The standard InChI is InChI=1S/C19H30O2/c1-4-5-10-21-18-8-6-16(7-9-18)19(20)17-12-14(2)11-15(3)13-17/h6-9,14-15,17,19-20H,4-5,10-13H2,1-3H3. The van der Waals surface area contributed by atoms with Gasteiger partial charge in [0.05, 0.1) is 12.7 Å². The van der Waals surface area contributed by atoms with E-state index in [0.717, 1.165) is 55.4 Å². The molecule has 1 fully saturated rings. The molecule has 2 nitrogen and oxygen atoms in total. The SMILES string of the molecule is CCCCOc1ccc(C(O)C2CC(C)CC(C)C2)cc1. The summed E-state index contributed by atoms with van der Waals surface area (Å²) in [6, 6.07) is 8.03. The summed E-state index contributed by atoms with van der Waals surface area (Å²) in [7, 11) is 0. The molecule has 3 unspecified atom stereocenters. The summed E-state index contributed by atoms with van der Waals surface area (Å²) in [5, 5.41) is 10.6. The molecule has 2 heteroatoms. The Hall–Kier alpha value is -1.02. The van der Waals surface area contributed by atoms with Gasteiger partial charge in [-0.1, -0.05) is 39.3 Å². The van der Waals surface area contributed by atoms with Gasteiger partial charge in [0, 0.05) is 0 Å². The monoisotopic (exact) mass is 290 g/mol. The molecular formula is C19H30O2. The number of unbranched alkanes of at least 4 members (excludes halogenated alkanes) is 1. The van der Waals surface area contributed by atoms with E-state index in [2.05, 4.69) is 20.8 Å². The molecule has 1 aromatic carbocycles. The fraction of sp³-hybridized carbons (Fsp3) is 0.684. The summed E-state index contributed by atoms with van der Waals surface area (Å²) >= 11 is 0. The number of rotatable bonds is 6. The predicted molar refractivity (Wildman–Crippen MR) is 87.5 cm³/mol. The molecule has 21 heavy (non-hydrogen) atoms. The lowest BCUT2D eigenvalue weighted by Crippen LogP contribution is -2.24. The lowest BCUT2D eigenvalue weighted by molar-refractivity contribution is 0.0551. The first-order valence-electron chi connectivity index (χ1n) is 8.51. The maximum atomic E-state index is 10.6. The Labute approximate surface area is 129 Å². The molecule has 3 atom stereocenters. The number of aliphatic hydroxyl groups excluding tert-OH is 1. The summed E-state index contributed by atoms with van der Waals surface area (Å²) in [5.41, 5.74) is 1.03. The van der Waals surface area contributed by atoms with Crippen molar-refractivity contribution in [3.05, 3.63) is 29.8 Å². The first-order valence-corrected chi connectivity index (χ1v) is 8.51. The van der Waals surface area contributed by atoms with Crippen LogP contribution in [0.15, 0.2) is 24.3 Å². The average molecular weight is 290 g/mol. The second-order valence-corrected chi connectivity index (χ2v) is 6.89. The summed E-state index contributed by atoms with van der Waals surface area (Å²) in [6.45, 7) is 7.55. The molecule has 0 bridgehead atoms. The van der Waals surface area contributed by atoms with Crippen molar-refractivity contribution < 1.29 is 9.84 Å². The molecule has 1 N–H and O–H groups in total. The average Bonchev–Trinajstić information content (AvgIpc) is 2.46. The van der Waals surface area contributed by atoms with E-state index in [4.69, 9.17) is 4.74 Å². The third-order valence-electron chi connectivity index (χ3n) is 4.65. The van der Waals surface area contributed by atoms with Gasteiger partial charge in [-0.15, -0.1) is 0 Å². The van der Waals surface area contributed by atoms with Crippen LogP contribution in [0.5, 0.6) is 5.75 Å². The third-order valence-corrected chi connectivity index (χ3v) is 4.65. The summed E-state index contributed by atoms with van der Waals surface area (Å²) < 4.78 is 5.68. The van der Waals surface area contributed by atoms with Crippen LogP contribution in [0.4, 0.5) is 0 Å². The Morgan fingerprint density at radius 2 is 1.71 bits per heavy atom. The van der Waals surface area contributed by atoms with Crippen LogP contribution in [0.3, 0.4) is 0 Å². The second-order valence-electron chi connectivity index (χ2n) is 6.89. The van der Waals surface area contributed by atoms with Crippen molar-refractivity contribution in [2.75, 3.05) is 6.61 Å². The molecule has 2 rings (SSSR count). The van der Waals surface area contributed by atoms with Gasteiger partial charge in [-0.25, -0.2) is 0 Å². The Morgan fingerprint density at radius 1 is 1.10 bits per heavy atom. The Bertz CT molecular complexity index is 402. The fourth-order valence-corrected chi connectivity index (χ4v) is 3.63. The lowest BCUT2D eigenvalue weighted by Gasteiger charge is -2.34. The van der Waals surface area contributed by atoms with Crippen molar-refractivity contribution in [3.63, 3.8) is 0 Å².